The first-order valence-corrected chi connectivity index (χ1v) is 7.84. The average Bonchev–Trinajstić information content (AvgIpc) is 2.73. The zero-order chi connectivity index (χ0) is 14.0. The number of rotatable bonds is 3. The molecule has 1 heterocycles. The Bertz CT molecular complexity index is 508. The lowest BCUT2D eigenvalue weighted by Gasteiger charge is -2.63. The van der Waals surface area contributed by atoms with Crippen LogP contribution in [0.4, 0.5) is 0 Å². The summed E-state index contributed by atoms with van der Waals surface area (Å²) < 4.78 is 1.88. The van der Waals surface area contributed by atoms with Crippen molar-refractivity contribution < 1.29 is 0 Å². The molecule has 5 rings (SSSR count). The molecule has 1 aromatic rings. The Morgan fingerprint density at radius 1 is 1.35 bits per heavy atom. The molecule has 4 bridgehead atoms. The van der Waals surface area contributed by atoms with Gasteiger partial charge in [0.05, 0.1) is 17.9 Å². The number of aromatic nitrogens is 3. The summed E-state index contributed by atoms with van der Waals surface area (Å²) in [6.07, 6.45) is 10.1. The standard InChI is InChI=1S/C15H25N5/c1-14-4-10-3-11(5-14)7-15(6-10,9-14)13(18-16)12-8-17-19-20(12)2/h8,10-11,13,18H,3-7,9,16H2,1-2H3. The molecule has 4 aliphatic carbocycles. The third kappa shape index (κ3) is 1.69. The van der Waals surface area contributed by atoms with Crippen LogP contribution in [-0.2, 0) is 7.05 Å². The van der Waals surface area contributed by atoms with Gasteiger partial charge in [-0.05, 0) is 61.2 Å². The fourth-order valence-electron chi connectivity index (χ4n) is 6.27. The van der Waals surface area contributed by atoms with Gasteiger partial charge in [-0.25, -0.2) is 0 Å². The second-order valence-electron chi connectivity index (χ2n) is 8.02. The lowest BCUT2D eigenvalue weighted by molar-refractivity contribution is -0.120. The molecule has 0 aliphatic heterocycles. The fourth-order valence-corrected chi connectivity index (χ4v) is 6.27. The van der Waals surface area contributed by atoms with E-state index in [9.17, 15) is 0 Å². The van der Waals surface area contributed by atoms with Crippen molar-refractivity contribution >= 4 is 0 Å². The molecule has 0 saturated heterocycles. The highest BCUT2D eigenvalue weighted by Gasteiger charge is 2.58. The zero-order valence-electron chi connectivity index (χ0n) is 12.5. The summed E-state index contributed by atoms with van der Waals surface area (Å²) in [6.45, 7) is 2.49. The SMILES string of the molecule is Cn1nncc1C(NN)C12CC3CC(CC(C)(C3)C1)C2. The molecule has 1 aromatic heterocycles. The molecule has 0 spiro atoms. The first-order chi connectivity index (χ1) is 9.54. The molecule has 3 atom stereocenters. The first-order valence-electron chi connectivity index (χ1n) is 7.84. The van der Waals surface area contributed by atoms with Crippen LogP contribution >= 0.6 is 0 Å². The topological polar surface area (TPSA) is 68.8 Å². The van der Waals surface area contributed by atoms with E-state index in [0.717, 1.165) is 17.5 Å². The molecule has 4 fully saturated rings. The predicted octanol–water partition coefficient (Wildman–Crippen LogP) is 1.93. The van der Waals surface area contributed by atoms with E-state index in [1.807, 2.05) is 17.9 Å². The van der Waals surface area contributed by atoms with E-state index >= 15 is 0 Å². The van der Waals surface area contributed by atoms with E-state index in [0.29, 0.717) is 10.8 Å². The van der Waals surface area contributed by atoms with E-state index in [-0.39, 0.29) is 6.04 Å². The lowest BCUT2D eigenvalue weighted by Crippen LogP contribution is -2.56. The Hall–Kier alpha value is -0.940. The van der Waals surface area contributed by atoms with Gasteiger partial charge in [0.25, 0.3) is 0 Å². The van der Waals surface area contributed by atoms with E-state index < -0.39 is 0 Å². The summed E-state index contributed by atoms with van der Waals surface area (Å²) >= 11 is 0. The van der Waals surface area contributed by atoms with Crippen LogP contribution in [-0.4, -0.2) is 15.0 Å². The van der Waals surface area contributed by atoms with Gasteiger partial charge in [0, 0.05) is 7.05 Å². The molecule has 3 unspecified atom stereocenters. The number of aryl methyl sites for hydroxylation is 1. The average molecular weight is 275 g/mol. The molecule has 4 saturated carbocycles. The summed E-state index contributed by atoms with van der Waals surface area (Å²) in [5.41, 5.74) is 5.10. The monoisotopic (exact) mass is 275 g/mol. The zero-order valence-corrected chi connectivity index (χ0v) is 12.5. The Labute approximate surface area is 120 Å². The highest BCUT2D eigenvalue weighted by molar-refractivity contribution is 5.16. The summed E-state index contributed by atoms with van der Waals surface area (Å²) in [5, 5.41) is 8.15. The van der Waals surface area contributed by atoms with Crippen molar-refractivity contribution in [2.45, 2.75) is 51.5 Å². The van der Waals surface area contributed by atoms with Crippen molar-refractivity contribution in [1.82, 2.24) is 20.4 Å². The van der Waals surface area contributed by atoms with Crippen LogP contribution in [0.3, 0.4) is 0 Å². The van der Waals surface area contributed by atoms with Gasteiger partial charge in [-0.15, -0.1) is 5.10 Å². The van der Waals surface area contributed by atoms with Crippen LogP contribution in [0.25, 0.3) is 0 Å². The molecule has 5 heteroatoms. The van der Waals surface area contributed by atoms with Crippen molar-refractivity contribution in [2.75, 3.05) is 0 Å². The molecule has 20 heavy (non-hydrogen) atoms. The molecule has 0 amide bonds. The Morgan fingerprint density at radius 2 is 2.05 bits per heavy atom. The molecule has 110 valence electrons. The van der Waals surface area contributed by atoms with Crippen LogP contribution in [0.15, 0.2) is 6.20 Å². The minimum absolute atomic E-state index is 0.188. The summed E-state index contributed by atoms with van der Waals surface area (Å²) in [7, 11) is 1.97. The lowest BCUT2D eigenvalue weighted by atomic mass is 9.43. The second kappa shape index (κ2) is 4.04. The van der Waals surface area contributed by atoms with Crippen LogP contribution < -0.4 is 11.3 Å². The van der Waals surface area contributed by atoms with Crippen LogP contribution in [0.2, 0.25) is 0 Å². The van der Waals surface area contributed by atoms with E-state index in [1.54, 1.807) is 0 Å². The quantitative estimate of drug-likeness (QED) is 0.653. The minimum atomic E-state index is 0.188. The van der Waals surface area contributed by atoms with Crippen LogP contribution in [0, 0.1) is 22.7 Å². The second-order valence-corrected chi connectivity index (χ2v) is 8.02. The number of nitrogens with one attached hydrogen (secondary N) is 1. The number of hydrogen-bond donors (Lipinski definition) is 2. The number of hydrogen-bond acceptors (Lipinski definition) is 4. The van der Waals surface area contributed by atoms with Gasteiger partial charge in [0.15, 0.2) is 0 Å². The number of nitrogens with two attached hydrogens (primary N) is 1. The third-order valence-electron chi connectivity index (χ3n) is 6.22. The van der Waals surface area contributed by atoms with Gasteiger partial charge >= 0.3 is 0 Å². The molecular weight excluding hydrogens is 250 g/mol. The van der Waals surface area contributed by atoms with Crippen molar-refractivity contribution in [2.24, 2.45) is 35.6 Å². The van der Waals surface area contributed by atoms with Crippen LogP contribution in [0.5, 0.6) is 0 Å². The largest absolute Gasteiger partial charge is 0.271 e. The Balaban J connectivity index is 1.74. The smallest absolute Gasteiger partial charge is 0.0772 e. The molecule has 3 N–H and O–H groups in total. The van der Waals surface area contributed by atoms with E-state index in [4.69, 9.17) is 5.84 Å². The maximum atomic E-state index is 5.98. The van der Waals surface area contributed by atoms with Gasteiger partial charge in [-0.1, -0.05) is 12.1 Å². The van der Waals surface area contributed by atoms with Gasteiger partial charge in [0.2, 0.25) is 0 Å². The summed E-state index contributed by atoms with van der Waals surface area (Å²) in [6, 6.07) is 0.188. The highest BCUT2D eigenvalue weighted by atomic mass is 15.4. The van der Waals surface area contributed by atoms with Gasteiger partial charge in [-0.3, -0.25) is 16.0 Å². The molecule has 5 nitrogen and oxygen atoms in total. The summed E-state index contributed by atoms with van der Waals surface area (Å²) in [4.78, 5) is 0. The van der Waals surface area contributed by atoms with Gasteiger partial charge < -0.3 is 0 Å². The third-order valence-corrected chi connectivity index (χ3v) is 6.22. The highest BCUT2D eigenvalue weighted by Crippen LogP contribution is 2.68. The van der Waals surface area contributed by atoms with Crippen LogP contribution in [0.1, 0.15) is 57.2 Å². The van der Waals surface area contributed by atoms with Crippen molar-refractivity contribution in [3.8, 4) is 0 Å². The van der Waals surface area contributed by atoms with Crippen molar-refractivity contribution in [1.29, 1.82) is 0 Å². The first kappa shape index (κ1) is 12.8. The van der Waals surface area contributed by atoms with E-state index in [1.165, 1.54) is 38.5 Å². The van der Waals surface area contributed by atoms with Gasteiger partial charge in [0.1, 0.15) is 0 Å². The number of nitrogens with zero attached hydrogens (tertiary/aromatic N) is 3. The normalized spacial score (nSPS) is 44.0. The van der Waals surface area contributed by atoms with Gasteiger partial charge in [-0.2, -0.15) is 0 Å². The van der Waals surface area contributed by atoms with E-state index in [2.05, 4.69) is 22.7 Å². The van der Waals surface area contributed by atoms with Crippen molar-refractivity contribution in [3.05, 3.63) is 11.9 Å². The Morgan fingerprint density at radius 3 is 2.55 bits per heavy atom. The molecule has 0 aromatic carbocycles. The minimum Gasteiger partial charge on any atom is -0.271 e. The fraction of sp³-hybridized carbons (Fsp3) is 0.867. The maximum absolute atomic E-state index is 5.98. The molecular formula is C15H25N5. The summed E-state index contributed by atoms with van der Waals surface area (Å²) in [5.74, 6) is 7.78. The molecule has 0 radical (unpaired) electrons. The molecule has 4 aliphatic rings. The maximum Gasteiger partial charge on any atom is 0.0772 e. The predicted molar refractivity (Wildman–Crippen MR) is 76.3 cm³/mol. The Kier molecular flexibility index (Phi) is 2.58. The van der Waals surface area contributed by atoms with Crippen molar-refractivity contribution in [3.63, 3.8) is 0 Å². The number of hydrazine groups is 1.